The number of carbonyl (C=O) groups excluding carboxylic acids is 1. The van der Waals surface area contributed by atoms with Crippen molar-refractivity contribution in [1.82, 2.24) is 10.3 Å². The Hall–Kier alpha value is -2.41. The van der Waals surface area contributed by atoms with Gasteiger partial charge in [-0.25, -0.2) is 4.98 Å². The van der Waals surface area contributed by atoms with Gasteiger partial charge in [0.25, 0.3) is 0 Å². The van der Waals surface area contributed by atoms with Crippen LogP contribution in [-0.2, 0) is 20.9 Å². The number of carboxylic acid groups (broad SMARTS) is 1. The first-order chi connectivity index (χ1) is 12.0. The van der Waals surface area contributed by atoms with Gasteiger partial charge in [-0.15, -0.1) is 0 Å². The number of hydrogen-bond acceptors (Lipinski definition) is 5. The lowest BCUT2D eigenvalue weighted by molar-refractivity contribution is -0.155. The highest BCUT2D eigenvalue weighted by Crippen LogP contribution is 2.33. The van der Waals surface area contributed by atoms with Crippen molar-refractivity contribution >= 4 is 17.7 Å². The average Bonchev–Trinajstić information content (AvgIpc) is 3.11. The molecule has 2 heterocycles. The molecule has 1 aromatic rings. The molecule has 1 amide bonds. The van der Waals surface area contributed by atoms with E-state index in [0.29, 0.717) is 6.61 Å². The molecule has 2 N–H and O–H groups in total. The number of hydrogen-bond donors (Lipinski definition) is 2. The number of aliphatic carboxylic acids is 1. The second-order valence-electron chi connectivity index (χ2n) is 6.60. The first-order valence-electron chi connectivity index (χ1n) is 8.49. The van der Waals surface area contributed by atoms with E-state index < -0.39 is 17.3 Å². The summed E-state index contributed by atoms with van der Waals surface area (Å²) in [6, 6.07) is 3.83. The van der Waals surface area contributed by atoms with Crippen molar-refractivity contribution < 1.29 is 19.4 Å². The Bertz CT molecular complexity index is 663. The van der Waals surface area contributed by atoms with Crippen LogP contribution in [0.1, 0.15) is 25.3 Å². The third kappa shape index (κ3) is 3.66. The number of morpholine rings is 1. The quantitative estimate of drug-likeness (QED) is 0.618. The van der Waals surface area contributed by atoms with Crippen LogP contribution in [0.3, 0.4) is 0 Å². The van der Waals surface area contributed by atoms with Crippen LogP contribution in [0.5, 0.6) is 0 Å². The molecule has 7 heteroatoms. The van der Waals surface area contributed by atoms with E-state index in [1.165, 1.54) is 0 Å². The highest BCUT2D eigenvalue weighted by molar-refractivity contribution is 6.02. The Morgan fingerprint density at radius 3 is 2.76 bits per heavy atom. The summed E-state index contributed by atoms with van der Waals surface area (Å²) in [5, 5.41) is 12.1. The minimum atomic E-state index is -1.36. The Morgan fingerprint density at radius 2 is 2.16 bits per heavy atom. The van der Waals surface area contributed by atoms with Crippen molar-refractivity contribution in [3.05, 3.63) is 36.0 Å². The predicted molar refractivity (Wildman–Crippen MR) is 92.2 cm³/mol. The van der Waals surface area contributed by atoms with Gasteiger partial charge in [0, 0.05) is 25.8 Å². The van der Waals surface area contributed by atoms with E-state index in [1.807, 2.05) is 19.1 Å². The van der Waals surface area contributed by atoms with Crippen LogP contribution >= 0.6 is 0 Å². The summed E-state index contributed by atoms with van der Waals surface area (Å²) in [5.41, 5.74) is -0.526. The molecule has 0 spiro atoms. The Labute approximate surface area is 146 Å². The van der Waals surface area contributed by atoms with Crippen LogP contribution < -0.4 is 10.2 Å². The molecule has 1 unspecified atom stereocenters. The van der Waals surface area contributed by atoms with Gasteiger partial charge in [-0.2, -0.15) is 0 Å². The molecule has 1 atom stereocenters. The average molecular weight is 345 g/mol. The Kier molecular flexibility index (Phi) is 5.03. The summed E-state index contributed by atoms with van der Waals surface area (Å²) in [6.07, 6.45) is 5.86. The van der Waals surface area contributed by atoms with Gasteiger partial charge >= 0.3 is 5.97 Å². The molecule has 2 aliphatic rings. The third-order valence-corrected chi connectivity index (χ3v) is 4.77. The molecule has 25 heavy (non-hydrogen) atoms. The first kappa shape index (κ1) is 17.4. The number of rotatable bonds is 5. The minimum Gasteiger partial charge on any atom is -0.480 e. The number of anilines is 1. The van der Waals surface area contributed by atoms with Crippen molar-refractivity contribution in [2.24, 2.45) is 5.41 Å². The maximum Gasteiger partial charge on any atom is 0.319 e. The minimum absolute atomic E-state index is 0.182. The van der Waals surface area contributed by atoms with Crippen molar-refractivity contribution in [1.29, 1.82) is 0 Å². The molecule has 0 aromatic carbocycles. The number of nitrogens with one attached hydrogen (secondary N) is 1. The smallest absolute Gasteiger partial charge is 0.319 e. The monoisotopic (exact) mass is 345 g/mol. The topological polar surface area (TPSA) is 91.8 Å². The zero-order valence-corrected chi connectivity index (χ0v) is 14.3. The highest BCUT2D eigenvalue weighted by atomic mass is 16.5. The molecule has 1 aromatic heterocycles. The van der Waals surface area contributed by atoms with E-state index in [4.69, 9.17) is 4.74 Å². The number of ether oxygens (including phenoxy) is 1. The molecule has 7 nitrogen and oxygen atoms in total. The van der Waals surface area contributed by atoms with E-state index in [1.54, 1.807) is 18.3 Å². The second kappa shape index (κ2) is 7.23. The molecule has 0 bridgehead atoms. The lowest BCUT2D eigenvalue weighted by atomic mass is 9.84. The van der Waals surface area contributed by atoms with Crippen LogP contribution in [0.25, 0.3) is 0 Å². The van der Waals surface area contributed by atoms with Crippen LogP contribution in [0, 0.1) is 5.41 Å². The van der Waals surface area contributed by atoms with Crippen molar-refractivity contribution in [3.63, 3.8) is 0 Å². The molecule has 1 fully saturated rings. The summed E-state index contributed by atoms with van der Waals surface area (Å²) < 4.78 is 5.53. The van der Waals surface area contributed by atoms with E-state index >= 15 is 0 Å². The molecule has 3 rings (SSSR count). The number of aromatic nitrogens is 1. The molecule has 0 saturated carbocycles. The molecule has 1 aliphatic heterocycles. The van der Waals surface area contributed by atoms with Crippen molar-refractivity contribution in [3.8, 4) is 0 Å². The maximum absolute atomic E-state index is 12.4. The predicted octanol–water partition coefficient (Wildman–Crippen LogP) is 1.34. The summed E-state index contributed by atoms with van der Waals surface area (Å²) in [5.74, 6) is -0.645. The third-order valence-electron chi connectivity index (χ3n) is 4.77. The lowest BCUT2D eigenvalue weighted by Gasteiger charge is -2.32. The summed E-state index contributed by atoms with van der Waals surface area (Å²) in [7, 11) is 0. The maximum atomic E-state index is 12.4. The SMILES string of the molecule is CC1CN(c2ccc(CNC(=O)C3(C(=O)O)CC=CC3)cn2)CCO1. The second-order valence-corrected chi connectivity index (χ2v) is 6.60. The standard InChI is InChI=1S/C18H23N3O4/c1-13-12-21(8-9-25-13)15-5-4-14(10-19-15)11-20-16(22)18(17(23)24)6-2-3-7-18/h2-5,10,13H,6-9,11-12H2,1H3,(H,20,22)(H,23,24). The Morgan fingerprint density at radius 1 is 1.40 bits per heavy atom. The van der Waals surface area contributed by atoms with E-state index in [2.05, 4.69) is 15.2 Å². The van der Waals surface area contributed by atoms with Crippen molar-refractivity contribution in [2.75, 3.05) is 24.6 Å². The number of amides is 1. The fourth-order valence-electron chi connectivity index (χ4n) is 3.20. The molecular formula is C18H23N3O4. The van der Waals surface area contributed by atoms with Gasteiger partial charge in [0.15, 0.2) is 5.41 Å². The van der Waals surface area contributed by atoms with Crippen molar-refractivity contribution in [2.45, 2.75) is 32.4 Å². The summed E-state index contributed by atoms with van der Waals surface area (Å²) in [6.45, 7) is 4.59. The van der Waals surface area contributed by atoms with Gasteiger partial charge in [-0.05, 0) is 31.4 Å². The molecule has 1 saturated heterocycles. The van der Waals surface area contributed by atoms with Gasteiger partial charge in [-0.3, -0.25) is 9.59 Å². The zero-order valence-electron chi connectivity index (χ0n) is 14.3. The van der Waals surface area contributed by atoms with Gasteiger partial charge < -0.3 is 20.1 Å². The van der Waals surface area contributed by atoms with Gasteiger partial charge in [0.2, 0.25) is 5.91 Å². The molecular weight excluding hydrogens is 322 g/mol. The van der Waals surface area contributed by atoms with E-state index in [0.717, 1.165) is 24.5 Å². The Balaban J connectivity index is 1.58. The number of allylic oxidation sites excluding steroid dienone is 2. The van der Waals surface area contributed by atoms with Crippen LogP contribution in [0.15, 0.2) is 30.5 Å². The van der Waals surface area contributed by atoms with Crippen LogP contribution in [0.2, 0.25) is 0 Å². The van der Waals surface area contributed by atoms with Gasteiger partial charge in [-0.1, -0.05) is 18.2 Å². The fourth-order valence-corrected chi connectivity index (χ4v) is 3.20. The normalized spacial score (nSPS) is 22.0. The number of pyridine rings is 1. The van der Waals surface area contributed by atoms with Gasteiger partial charge in [0.05, 0.1) is 12.7 Å². The largest absolute Gasteiger partial charge is 0.480 e. The number of carbonyl (C=O) groups is 2. The van der Waals surface area contributed by atoms with E-state index in [-0.39, 0.29) is 25.5 Å². The van der Waals surface area contributed by atoms with E-state index in [9.17, 15) is 14.7 Å². The highest BCUT2D eigenvalue weighted by Gasteiger charge is 2.46. The molecule has 134 valence electrons. The zero-order chi connectivity index (χ0) is 17.9. The van der Waals surface area contributed by atoms with Crippen LogP contribution in [-0.4, -0.2) is 47.8 Å². The number of carboxylic acids is 1. The lowest BCUT2D eigenvalue weighted by Crippen LogP contribution is -2.44. The van der Waals surface area contributed by atoms with Crippen LogP contribution in [0.4, 0.5) is 5.82 Å². The summed E-state index contributed by atoms with van der Waals surface area (Å²) >= 11 is 0. The fraction of sp³-hybridized carbons (Fsp3) is 0.500. The molecule has 1 aliphatic carbocycles. The number of nitrogens with zero attached hydrogens (tertiary/aromatic N) is 2. The summed E-state index contributed by atoms with van der Waals surface area (Å²) in [4.78, 5) is 30.5. The first-order valence-corrected chi connectivity index (χ1v) is 8.49. The molecule has 0 radical (unpaired) electrons. The van der Waals surface area contributed by atoms with Gasteiger partial charge in [0.1, 0.15) is 5.82 Å².